The zero-order valence-corrected chi connectivity index (χ0v) is 21.2. The van der Waals surface area contributed by atoms with Gasteiger partial charge in [-0.25, -0.2) is 0 Å². The number of benzene rings is 1. The summed E-state index contributed by atoms with van der Waals surface area (Å²) in [6.07, 6.45) is -1.07. The van der Waals surface area contributed by atoms with Crippen LogP contribution in [0.25, 0.3) is 0 Å². The summed E-state index contributed by atoms with van der Waals surface area (Å²) >= 11 is 0. The van der Waals surface area contributed by atoms with Crippen LogP contribution < -0.4 is 10.8 Å². The van der Waals surface area contributed by atoms with Crippen molar-refractivity contribution in [1.29, 1.82) is 0 Å². The Bertz CT molecular complexity index is 660. The number of esters is 1. The van der Waals surface area contributed by atoms with E-state index in [2.05, 4.69) is 45.6 Å². The third kappa shape index (κ3) is 12.1. The Morgan fingerprint density at radius 3 is 1.87 bits per heavy atom. The molecule has 0 spiro atoms. The first-order chi connectivity index (χ1) is 13.4. The van der Waals surface area contributed by atoms with E-state index < -0.39 is 32.0 Å². The second kappa shape index (κ2) is 11.6. The van der Waals surface area contributed by atoms with Crippen LogP contribution in [0.4, 0.5) is 0 Å². The summed E-state index contributed by atoms with van der Waals surface area (Å²) in [7, 11) is -2.16. The van der Waals surface area contributed by atoms with Gasteiger partial charge < -0.3 is 24.8 Å². The molecule has 0 fully saturated rings. The molecule has 7 heteroatoms. The molecular formula is C23H41NO5Si. The maximum Gasteiger partial charge on any atom is 0.308 e. The molecule has 0 aromatic heterocycles. The Morgan fingerprint density at radius 2 is 1.53 bits per heavy atom. The molecule has 0 bridgehead atoms. The van der Waals surface area contributed by atoms with E-state index in [1.807, 2.05) is 31.3 Å². The molecule has 6 nitrogen and oxygen atoms in total. The van der Waals surface area contributed by atoms with E-state index in [0.717, 1.165) is 0 Å². The van der Waals surface area contributed by atoms with Crippen LogP contribution in [0.5, 0.6) is 0 Å². The molecule has 172 valence electrons. The highest BCUT2D eigenvalue weighted by Gasteiger charge is 2.39. The van der Waals surface area contributed by atoms with E-state index in [1.165, 1.54) is 5.56 Å². The highest BCUT2D eigenvalue weighted by molar-refractivity contribution is 6.74. The Balaban J connectivity index is 0.000000769. The van der Waals surface area contributed by atoms with Crippen LogP contribution in [0.15, 0.2) is 30.3 Å². The molecule has 0 unspecified atom stereocenters. The van der Waals surface area contributed by atoms with E-state index in [0.29, 0.717) is 6.04 Å². The van der Waals surface area contributed by atoms with E-state index in [1.54, 1.807) is 20.8 Å². The molecule has 1 aromatic carbocycles. The van der Waals surface area contributed by atoms with Crippen molar-refractivity contribution in [2.75, 3.05) is 0 Å². The molecule has 1 aromatic rings. The van der Waals surface area contributed by atoms with Crippen LogP contribution in [0.1, 0.15) is 72.9 Å². The van der Waals surface area contributed by atoms with E-state index >= 15 is 0 Å². The standard InChI is InChI=1S/C15H30O5Si.C8H11N/c1-14(2,3)19-13(18)10-11(9-12(16)17)20-21(7,8)15(4,5)6;1-7(9)8-5-3-2-4-6-8/h11H,9-10H2,1-8H3,(H,16,17);2-7H,9H2,1H3/t11-;7-/m11/s1. The largest absolute Gasteiger partial charge is 0.550 e. The Kier molecular flexibility index (Phi) is 11.0. The van der Waals surface area contributed by atoms with E-state index in [-0.39, 0.29) is 17.9 Å². The Labute approximate surface area is 183 Å². The quantitative estimate of drug-likeness (QED) is 0.519. The van der Waals surface area contributed by atoms with Gasteiger partial charge in [-0.3, -0.25) is 4.79 Å². The van der Waals surface area contributed by atoms with Crippen LogP contribution >= 0.6 is 0 Å². The molecule has 0 amide bonds. The van der Waals surface area contributed by atoms with Crippen molar-refractivity contribution in [1.82, 2.24) is 0 Å². The first kappa shape index (κ1) is 28.3. The number of hydrogen-bond acceptors (Lipinski definition) is 5. The third-order valence-electron chi connectivity index (χ3n) is 4.84. The average Bonchev–Trinajstić information content (AvgIpc) is 2.52. The number of aliphatic carboxylic acids is 1. The lowest BCUT2D eigenvalue weighted by Crippen LogP contribution is -2.51. The average molecular weight is 440 g/mol. The second-order valence-electron chi connectivity index (χ2n) is 10.2. The highest BCUT2D eigenvalue weighted by Crippen LogP contribution is 2.38. The number of carbonyl (C=O) groups is 2. The van der Waals surface area contributed by atoms with Crippen molar-refractivity contribution in [2.24, 2.45) is 0 Å². The van der Waals surface area contributed by atoms with Gasteiger partial charge in [0.15, 0.2) is 8.32 Å². The second-order valence-corrected chi connectivity index (χ2v) is 14.9. The van der Waals surface area contributed by atoms with Crippen molar-refractivity contribution in [2.45, 2.75) is 97.2 Å². The van der Waals surface area contributed by atoms with Crippen LogP contribution in [0.3, 0.4) is 0 Å². The molecule has 0 saturated carbocycles. The zero-order valence-electron chi connectivity index (χ0n) is 20.2. The van der Waals surface area contributed by atoms with Crippen molar-refractivity contribution >= 4 is 20.3 Å². The van der Waals surface area contributed by atoms with Gasteiger partial charge in [-0.05, 0) is 45.8 Å². The minimum Gasteiger partial charge on any atom is -0.550 e. The summed E-state index contributed by atoms with van der Waals surface area (Å²) in [4.78, 5) is 22.8. The zero-order chi connectivity index (χ0) is 23.8. The fourth-order valence-electron chi connectivity index (χ4n) is 2.29. The molecule has 0 aliphatic heterocycles. The van der Waals surface area contributed by atoms with Gasteiger partial charge in [0.25, 0.3) is 0 Å². The summed E-state index contributed by atoms with van der Waals surface area (Å²) in [5.41, 5.74) is 4.61. The maximum atomic E-state index is 11.9. The Hall–Kier alpha value is -1.70. The van der Waals surface area contributed by atoms with Gasteiger partial charge in [-0.1, -0.05) is 51.1 Å². The number of carbonyl (C=O) groups excluding carboxylic acids is 2. The Morgan fingerprint density at radius 1 is 1.03 bits per heavy atom. The minimum absolute atomic E-state index is 0.0644. The van der Waals surface area contributed by atoms with Gasteiger partial charge in [0, 0.05) is 18.0 Å². The molecule has 1 rings (SSSR count). The predicted octanol–water partition coefficient (Wildman–Crippen LogP) is 3.24. The normalized spacial score (nSPS) is 14.2. The predicted molar refractivity (Wildman–Crippen MR) is 120 cm³/mol. The number of quaternary nitrogens is 1. The minimum atomic E-state index is -2.16. The fraction of sp³-hybridized carbons (Fsp3) is 0.652. The molecule has 3 N–H and O–H groups in total. The van der Waals surface area contributed by atoms with Crippen LogP contribution in [-0.2, 0) is 18.8 Å². The van der Waals surface area contributed by atoms with Crippen molar-refractivity contribution in [3.05, 3.63) is 35.9 Å². The molecule has 0 saturated heterocycles. The first-order valence-corrected chi connectivity index (χ1v) is 13.3. The SMILES string of the molecule is CC(C)(C)OC(=O)C[C@@H](CC(=O)[O-])O[Si](C)(C)C(C)(C)C.C[C@@H]([NH3+])c1ccccc1. The number of carboxylic acids is 1. The molecule has 2 atom stereocenters. The molecule has 0 aliphatic carbocycles. The summed E-state index contributed by atoms with van der Waals surface area (Å²) in [5, 5.41) is 10.8. The number of hydrogen-bond donors (Lipinski definition) is 1. The molecule has 0 heterocycles. The maximum absolute atomic E-state index is 11.9. The topological polar surface area (TPSA) is 103 Å². The van der Waals surface area contributed by atoms with Gasteiger partial charge in [0.2, 0.25) is 0 Å². The monoisotopic (exact) mass is 439 g/mol. The lowest BCUT2D eigenvalue weighted by molar-refractivity contribution is -0.420. The highest BCUT2D eigenvalue weighted by atomic mass is 28.4. The van der Waals surface area contributed by atoms with Crippen molar-refractivity contribution in [3.63, 3.8) is 0 Å². The number of rotatable bonds is 7. The van der Waals surface area contributed by atoms with Gasteiger partial charge in [-0.2, -0.15) is 0 Å². The lowest BCUT2D eigenvalue weighted by atomic mass is 10.1. The molecule has 0 radical (unpaired) electrons. The summed E-state index contributed by atoms with van der Waals surface area (Å²) in [6.45, 7) is 17.6. The molecule has 0 aliphatic rings. The number of ether oxygens (including phenoxy) is 1. The van der Waals surface area contributed by atoms with E-state index in [9.17, 15) is 14.7 Å². The van der Waals surface area contributed by atoms with E-state index in [4.69, 9.17) is 9.16 Å². The van der Waals surface area contributed by atoms with Crippen LogP contribution in [-0.4, -0.2) is 32.0 Å². The molecular weight excluding hydrogens is 398 g/mol. The fourth-order valence-corrected chi connectivity index (χ4v) is 3.64. The summed E-state index contributed by atoms with van der Waals surface area (Å²) in [6, 6.07) is 10.7. The van der Waals surface area contributed by atoms with Crippen molar-refractivity contribution < 1.29 is 29.6 Å². The van der Waals surface area contributed by atoms with Gasteiger partial charge in [-0.15, -0.1) is 0 Å². The van der Waals surface area contributed by atoms with Gasteiger partial charge >= 0.3 is 5.97 Å². The third-order valence-corrected chi connectivity index (χ3v) is 9.38. The van der Waals surface area contributed by atoms with Crippen LogP contribution in [0, 0.1) is 0 Å². The first-order valence-electron chi connectivity index (χ1n) is 10.4. The number of carboxylic acid groups (broad SMARTS) is 1. The van der Waals surface area contributed by atoms with Gasteiger partial charge in [0.05, 0.1) is 12.5 Å². The summed E-state index contributed by atoms with van der Waals surface area (Å²) in [5.74, 6) is -1.67. The lowest BCUT2D eigenvalue weighted by Gasteiger charge is -2.39. The smallest absolute Gasteiger partial charge is 0.308 e. The molecule has 30 heavy (non-hydrogen) atoms. The summed E-state index contributed by atoms with van der Waals surface area (Å²) < 4.78 is 11.2. The van der Waals surface area contributed by atoms with Crippen LogP contribution in [0.2, 0.25) is 18.1 Å². The van der Waals surface area contributed by atoms with Crippen molar-refractivity contribution in [3.8, 4) is 0 Å². The van der Waals surface area contributed by atoms with Gasteiger partial charge in [0.1, 0.15) is 11.6 Å².